The van der Waals surface area contributed by atoms with Crippen LogP contribution in [-0.2, 0) is 9.59 Å². The van der Waals surface area contributed by atoms with Crippen LogP contribution in [0.25, 0.3) is 0 Å². The summed E-state index contributed by atoms with van der Waals surface area (Å²) in [6.07, 6.45) is 5.09. The monoisotopic (exact) mass is 357 g/mol. The molecule has 1 aromatic rings. The van der Waals surface area contributed by atoms with Gasteiger partial charge in [-0.25, -0.2) is 0 Å². The smallest absolute Gasteiger partial charge is 0.274 e. The van der Waals surface area contributed by atoms with Gasteiger partial charge in [0.15, 0.2) is 0 Å². The van der Waals surface area contributed by atoms with Gasteiger partial charge in [0.05, 0.1) is 11.8 Å². The van der Waals surface area contributed by atoms with E-state index in [1.807, 2.05) is 0 Å². The third-order valence-electron chi connectivity index (χ3n) is 5.05. The van der Waals surface area contributed by atoms with E-state index in [-0.39, 0.29) is 29.8 Å². The van der Waals surface area contributed by atoms with Crippen molar-refractivity contribution in [2.24, 2.45) is 11.8 Å². The minimum atomic E-state index is -0.769. The Morgan fingerprint density at radius 3 is 2.77 bits per heavy atom. The van der Waals surface area contributed by atoms with Crippen LogP contribution >= 0.6 is 0 Å². The summed E-state index contributed by atoms with van der Waals surface area (Å²) >= 11 is 0. The van der Waals surface area contributed by atoms with Crippen molar-refractivity contribution in [3.8, 4) is 6.07 Å². The van der Waals surface area contributed by atoms with Crippen molar-refractivity contribution in [3.63, 3.8) is 0 Å². The lowest BCUT2D eigenvalue weighted by atomic mass is 9.98. The fourth-order valence-electron chi connectivity index (χ4n) is 3.36. The van der Waals surface area contributed by atoms with E-state index < -0.39 is 17.6 Å². The maximum Gasteiger partial charge on any atom is 0.274 e. The Hall–Kier alpha value is -2.82. The first-order valence-electron chi connectivity index (χ1n) is 8.94. The van der Waals surface area contributed by atoms with E-state index in [9.17, 15) is 19.6 Å². The topological polar surface area (TPSA) is 130 Å². The van der Waals surface area contributed by atoms with Crippen LogP contribution in [0.5, 0.6) is 0 Å². The normalized spacial score (nSPS) is 21.5. The van der Waals surface area contributed by atoms with Gasteiger partial charge in [-0.05, 0) is 37.3 Å². The van der Waals surface area contributed by atoms with E-state index >= 15 is 0 Å². The van der Waals surface area contributed by atoms with E-state index in [4.69, 9.17) is 5.73 Å². The van der Waals surface area contributed by atoms with Gasteiger partial charge in [-0.3, -0.25) is 14.4 Å². The SMILES string of the molecule is N#C[C@H](C[C@@H]1CCNC1=O)NC(=O)[C@H](CC1CC1)n1cccc(N)c1=O. The maximum absolute atomic E-state index is 12.8. The number of rotatable bonds is 7. The molecule has 0 radical (unpaired) electrons. The first kappa shape index (κ1) is 18.0. The number of aromatic nitrogens is 1. The van der Waals surface area contributed by atoms with Crippen LogP contribution in [0.1, 0.15) is 38.1 Å². The summed E-state index contributed by atoms with van der Waals surface area (Å²) in [7, 11) is 0. The third-order valence-corrected chi connectivity index (χ3v) is 5.05. The quantitative estimate of drug-likeness (QED) is 0.646. The van der Waals surface area contributed by atoms with Gasteiger partial charge in [0.2, 0.25) is 11.8 Å². The minimum absolute atomic E-state index is 0.0823. The highest BCUT2D eigenvalue weighted by atomic mass is 16.2. The van der Waals surface area contributed by atoms with Crippen LogP contribution in [0.4, 0.5) is 5.69 Å². The average Bonchev–Trinajstić information content (AvgIpc) is 3.36. The molecule has 138 valence electrons. The van der Waals surface area contributed by atoms with Gasteiger partial charge in [-0.2, -0.15) is 5.26 Å². The van der Waals surface area contributed by atoms with Crippen LogP contribution in [-0.4, -0.2) is 29.0 Å². The van der Waals surface area contributed by atoms with Crippen LogP contribution in [0, 0.1) is 23.2 Å². The number of nitrogen functional groups attached to an aromatic ring is 1. The zero-order valence-electron chi connectivity index (χ0n) is 14.5. The Kier molecular flexibility index (Phi) is 5.26. The fraction of sp³-hybridized carbons (Fsp3) is 0.556. The second kappa shape index (κ2) is 7.60. The summed E-state index contributed by atoms with van der Waals surface area (Å²) in [5.41, 5.74) is 5.37. The molecule has 1 saturated heterocycles. The molecule has 1 saturated carbocycles. The van der Waals surface area contributed by atoms with Crippen LogP contribution in [0.15, 0.2) is 23.1 Å². The number of hydrogen-bond acceptors (Lipinski definition) is 5. The molecule has 0 aromatic carbocycles. The summed E-state index contributed by atoms with van der Waals surface area (Å²) in [6.45, 7) is 0.596. The molecule has 26 heavy (non-hydrogen) atoms. The minimum Gasteiger partial charge on any atom is -0.394 e. The molecular weight excluding hydrogens is 334 g/mol. The number of anilines is 1. The molecule has 0 bridgehead atoms. The highest BCUT2D eigenvalue weighted by molar-refractivity contribution is 5.82. The van der Waals surface area contributed by atoms with Gasteiger partial charge < -0.3 is 20.9 Å². The summed E-state index contributed by atoms with van der Waals surface area (Å²) < 4.78 is 1.35. The Bertz CT molecular complexity index is 793. The fourth-order valence-corrected chi connectivity index (χ4v) is 3.36. The maximum atomic E-state index is 12.8. The highest BCUT2D eigenvalue weighted by Crippen LogP contribution is 2.36. The van der Waals surface area contributed by atoms with Gasteiger partial charge >= 0.3 is 0 Å². The number of carbonyl (C=O) groups excluding carboxylic acids is 2. The summed E-state index contributed by atoms with van der Waals surface area (Å²) in [4.78, 5) is 36.9. The molecule has 1 aromatic heterocycles. The Labute approximate surface area is 151 Å². The molecule has 0 unspecified atom stereocenters. The molecular formula is C18H23N5O3. The van der Waals surface area contributed by atoms with E-state index in [0.717, 1.165) is 12.8 Å². The summed E-state index contributed by atoms with van der Waals surface area (Å²) in [5, 5.41) is 14.8. The first-order chi connectivity index (χ1) is 12.5. The second-order valence-corrected chi connectivity index (χ2v) is 7.07. The number of nitrogens with one attached hydrogen (secondary N) is 2. The number of nitrogens with two attached hydrogens (primary N) is 1. The van der Waals surface area contributed by atoms with Gasteiger partial charge in [0.25, 0.3) is 5.56 Å². The van der Waals surface area contributed by atoms with Crippen molar-refractivity contribution in [2.45, 2.75) is 44.2 Å². The van der Waals surface area contributed by atoms with Gasteiger partial charge in [-0.1, -0.05) is 12.8 Å². The molecule has 3 rings (SSSR count). The predicted octanol–water partition coefficient (Wildman–Crippen LogP) is 0.306. The molecule has 8 heteroatoms. The van der Waals surface area contributed by atoms with Gasteiger partial charge in [-0.15, -0.1) is 0 Å². The van der Waals surface area contributed by atoms with Crippen LogP contribution in [0.3, 0.4) is 0 Å². The number of amides is 2. The molecule has 1 aliphatic carbocycles. The van der Waals surface area contributed by atoms with E-state index in [0.29, 0.717) is 25.3 Å². The average molecular weight is 357 g/mol. The van der Waals surface area contributed by atoms with Crippen molar-refractivity contribution < 1.29 is 9.59 Å². The van der Waals surface area contributed by atoms with Crippen molar-refractivity contribution in [3.05, 3.63) is 28.7 Å². The van der Waals surface area contributed by atoms with Gasteiger partial charge in [0, 0.05) is 18.7 Å². The lowest BCUT2D eigenvalue weighted by Gasteiger charge is -2.22. The molecule has 2 amide bonds. The standard InChI is InChI=1S/C18H23N5O3/c19-10-13(9-12-5-6-21-16(12)24)22-17(25)15(8-11-3-4-11)23-7-1-2-14(20)18(23)26/h1-2,7,11-13,15H,3-6,8-9,20H2,(H,21,24)(H,22,25)/t12-,13-,15-/m0/s1. The largest absolute Gasteiger partial charge is 0.394 e. The number of pyridine rings is 1. The molecule has 2 fully saturated rings. The number of carbonyl (C=O) groups is 2. The molecule has 2 heterocycles. The van der Waals surface area contributed by atoms with Crippen molar-refractivity contribution in [2.75, 3.05) is 12.3 Å². The zero-order chi connectivity index (χ0) is 18.7. The summed E-state index contributed by atoms with van der Waals surface area (Å²) in [5.74, 6) is -0.326. The van der Waals surface area contributed by atoms with E-state index in [2.05, 4.69) is 16.7 Å². The molecule has 1 aliphatic heterocycles. The first-order valence-corrected chi connectivity index (χ1v) is 8.94. The Morgan fingerprint density at radius 2 is 2.15 bits per heavy atom. The number of nitriles is 1. The Morgan fingerprint density at radius 1 is 1.38 bits per heavy atom. The lowest BCUT2D eigenvalue weighted by Crippen LogP contribution is -2.43. The number of hydrogen-bond donors (Lipinski definition) is 3. The predicted molar refractivity (Wildman–Crippen MR) is 94.8 cm³/mol. The second-order valence-electron chi connectivity index (χ2n) is 7.07. The Balaban J connectivity index is 1.74. The van der Waals surface area contributed by atoms with E-state index in [1.165, 1.54) is 10.6 Å². The molecule has 3 atom stereocenters. The highest BCUT2D eigenvalue weighted by Gasteiger charge is 2.33. The molecule has 0 spiro atoms. The summed E-state index contributed by atoms with van der Waals surface area (Å²) in [6, 6.07) is 3.72. The van der Waals surface area contributed by atoms with Crippen LogP contribution < -0.4 is 21.9 Å². The molecule has 8 nitrogen and oxygen atoms in total. The third kappa shape index (κ3) is 4.04. The van der Waals surface area contributed by atoms with Crippen molar-refractivity contribution in [1.29, 1.82) is 5.26 Å². The van der Waals surface area contributed by atoms with Crippen molar-refractivity contribution in [1.82, 2.24) is 15.2 Å². The molecule has 2 aliphatic rings. The lowest BCUT2D eigenvalue weighted by molar-refractivity contribution is -0.126. The number of nitrogens with zero attached hydrogens (tertiary/aromatic N) is 2. The van der Waals surface area contributed by atoms with E-state index in [1.54, 1.807) is 12.3 Å². The van der Waals surface area contributed by atoms with Crippen molar-refractivity contribution >= 4 is 17.5 Å². The van der Waals surface area contributed by atoms with Gasteiger partial charge in [0.1, 0.15) is 12.1 Å². The molecule has 4 N–H and O–H groups in total. The zero-order valence-corrected chi connectivity index (χ0v) is 14.5. The van der Waals surface area contributed by atoms with Crippen LogP contribution in [0.2, 0.25) is 0 Å².